The van der Waals surface area contributed by atoms with Crippen molar-refractivity contribution in [3.63, 3.8) is 0 Å². The molecule has 4 nitrogen and oxygen atoms in total. The minimum Gasteiger partial charge on any atom is -0.490 e. The first-order valence-corrected chi connectivity index (χ1v) is 11.7. The Morgan fingerprint density at radius 3 is 1.72 bits per heavy atom. The van der Waals surface area contributed by atoms with Crippen molar-refractivity contribution < 1.29 is 9.47 Å². The zero-order valence-electron chi connectivity index (χ0n) is 19.7. The molecule has 0 fully saturated rings. The van der Waals surface area contributed by atoms with Gasteiger partial charge in [0.25, 0.3) is 0 Å². The van der Waals surface area contributed by atoms with E-state index in [0.717, 1.165) is 29.3 Å². The van der Waals surface area contributed by atoms with Gasteiger partial charge in [-0.3, -0.25) is 0 Å². The molecule has 4 rings (SSSR count). The van der Waals surface area contributed by atoms with Crippen LogP contribution in [0.2, 0.25) is 0 Å². The summed E-state index contributed by atoms with van der Waals surface area (Å²) in [5.41, 5.74) is 2.92. The third-order valence-corrected chi connectivity index (χ3v) is 6.21. The Morgan fingerprint density at radius 1 is 0.750 bits per heavy atom. The smallest absolute Gasteiger partial charge is 0.142 e. The Morgan fingerprint density at radius 2 is 1.22 bits per heavy atom. The summed E-state index contributed by atoms with van der Waals surface area (Å²) in [5.74, 6) is 2.08. The van der Waals surface area contributed by atoms with Crippen LogP contribution in [-0.2, 0) is 5.41 Å². The monoisotopic (exact) mass is 432 g/mol. The summed E-state index contributed by atoms with van der Waals surface area (Å²) in [6.07, 6.45) is 1.03. The van der Waals surface area contributed by atoms with Crippen LogP contribution in [0.3, 0.4) is 0 Å². The van der Waals surface area contributed by atoms with Crippen LogP contribution in [0, 0.1) is 5.92 Å². The van der Waals surface area contributed by atoms with E-state index in [0.29, 0.717) is 25.8 Å². The van der Waals surface area contributed by atoms with E-state index in [1.54, 1.807) is 0 Å². The second-order valence-corrected chi connectivity index (χ2v) is 7.93. The molecular formula is C28H36N2O2. The minimum atomic E-state index is -0.282. The van der Waals surface area contributed by atoms with E-state index in [4.69, 9.17) is 9.47 Å². The van der Waals surface area contributed by atoms with Gasteiger partial charge in [-0.05, 0) is 35.7 Å². The summed E-state index contributed by atoms with van der Waals surface area (Å²) >= 11 is 0. The summed E-state index contributed by atoms with van der Waals surface area (Å²) in [6, 6.07) is 26.9. The zero-order valence-corrected chi connectivity index (χ0v) is 19.7. The van der Waals surface area contributed by atoms with E-state index in [2.05, 4.69) is 66.9 Å². The molecule has 0 spiro atoms. The number of anilines is 2. The molecule has 170 valence electrons. The molecule has 0 aromatic heterocycles. The third kappa shape index (κ3) is 5.18. The highest BCUT2D eigenvalue weighted by molar-refractivity contribution is 5.60. The lowest BCUT2D eigenvalue weighted by atomic mass is 9.71. The van der Waals surface area contributed by atoms with Crippen molar-refractivity contribution in [1.29, 1.82) is 0 Å². The maximum absolute atomic E-state index is 6.47. The molecule has 4 heteroatoms. The molecule has 0 saturated heterocycles. The molecular weight excluding hydrogens is 396 g/mol. The van der Waals surface area contributed by atoms with E-state index in [1.807, 2.05) is 50.2 Å². The van der Waals surface area contributed by atoms with Crippen molar-refractivity contribution in [2.75, 3.05) is 30.5 Å². The van der Waals surface area contributed by atoms with Crippen molar-refractivity contribution in [2.45, 2.75) is 39.5 Å². The second kappa shape index (κ2) is 11.5. The first kappa shape index (κ1) is 23.5. The molecule has 32 heavy (non-hydrogen) atoms. The highest BCUT2D eigenvalue weighted by atomic mass is 16.5. The predicted molar refractivity (Wildman–Crippen MR) is 135 cm³/mol. The summed E-state index contributed by atoms with van der Waals surface area (Å²) in [5, 5.41) is 6.88. The molecule has 0 amide bonds. The Balaban J connectivity index is 0.00000141. The van der Waals surface area contributed by atoms with Crippen LogP contribution < -0.4 is 20.1 Å². The number of benzene rings is 3. The van der Waals surface area contributed by atoms with Crippen molar-refractivity contribution >= 4 is 11.4 Å². The maximum Gasteiger partial charge on any atom is 0.142 e. The van der Waals surface area contributed by atoms with Gasteiger partial charge < -0.3 is 20.1 Å². The quantitative estimate of drug-likeness (QED) is 0.470. The number of para-hydroxylation sites is 4. The van der Waals surface area contributed by atoms with Gasteiger partial charge in [0.15, 0.2) is 0 Å². The molecule has 1 aliphatic heterocycles. The lowest BCUT2D eigenvalue weighted by Gasteiger charge is -2.39. The number of nitrogens with one attached hydrogen (secondary N) is 2. The molecule has 1 heterocycles. The number of fused-ring (bicyclic) bond motifs is 2. The highest BCUT2D eigenvalue weighted by Gasteiger charge is 2.40. The fourth-order valence-electron chi connectivity index (χ4n) is 4.06. The van der Waals surface area contributed by atoms with Gasteiger partial charge in [-0.25, -0.2) is 0 Å². The Kier molecular flexibility index (Phi) is 8.43. The summed E-state index contributed by atoms with van der Waals surface area (Å²) in [6.45, 7) is 10.2. The fraction of sp³-hybridized carbons (Fsp3) is 0.357. The van der Waals surface area contributed by atoms with E-state index in [1.165, 1.54) is 5.56 Å². The van der Waals surface area contributed by atoms with Crippen LogP contribution in [0.25, 0.3) is 0 Å². The molecule has 0 saturated carbocycles. The predicted octanol–water partition coefficient (Wildman–Crippen LogP) is 6.95. The van der Waals surface area contributed by atoms with E-state index >= 15 is 0 Å². The van der Waals surface area contributed by atoms with Gasteiger partial charge in [0.05, 0.1) is 23.5 Å². The van der Waals surface area contributed by atoms with Crippen LogP contribution in [0.5, 0.6) is 11.5 Å². The van der Waals surface area contributed by atoms with Gasteiger partial charge >= 0.3 is 0 Å². The molecule has 3 aromatic carbocycles. The lowest BCUT2D eigenvalue weighted by molar-refractivity contribution is 0.0960. The zero-order chi connectivity index (χ0) is 22.8. The Hall–Kier alpha value is -3.14. The maximum atomic E-state index is 6.47. The van der Waals surface area contributed by atoms with Gasteiger partial charge in [-0.15, -0.1) is 0 Å². The topological polar surface area (TPSA) is 42.5 Å². The first-order chi connectivity index (χ1) is 15.7. The van der Waals surface area contributed by atoms with Crippen LogP contribution in [0.1, 0.15) is 39.7 Å². The van der Waals surface area contributed by atoms with Gasteiger partial charge in [0.1, 0.15) is 24.7 Å². The van der Waals surface area contributed by atoms with Crippen molar-refractivity contribution in [3.8, 4) is 11.5 Å². The second-order valence-electron chi connectivity index (χ2n) is 7.93. The van der Waals surface area contributed by atoms with Gasteiger partial charge in [-0.1, -0.05) is 88.7 Å². The Bertz CT molecular complexity index is 907. The Labute approximate surface area is 193 Å². The number of hydrogen-bond donors (Lipinski definition) is 2. The van der Waals surface area contributed by atoms with E-state index in [-0.39, 0.29) is 5.41 Å². The van der Waals surface area contributed by atoms with Gasteiger partial charge in [0, 0.05) is 0 Å². The summed E-state index contributed by atoms with van der Waals surface area (Å²) < 4.78 is 12.9. The van der Waals surface area contributed by atoms with E-state index < -0.39 is 0 Å². The van der Waals surface area contributed by atoms with Crippen LogP contribution in [-0.4, -0.2) is 19.9 Å². The van der Waals surface area contributed by atoms with Crippen molar-refractivity contribution in [3.05, 3.63) is 84.4 Å². The molecule has 0 aliphatic carbocycles. The van der Waals surface area contributed by atoms with Crippen LogP contribution in [0.15, 0.2) is 78.9 Å². The van der Waals surface area contributed by atoms with Crippen molar-refractivity contribution in [1.82, 2.24) is 0 Å². The van der Waals surface area contributed by atoms with E-state index in [9.17, 15) is 0 Å². The molecule has 3 aromatic rings. The molecule has 1 atom stereocenters. The average Bonchev–Trinajstić information content (AvgIpc) is 2.86. The summed E-state index contributed by atoms with van der Waals surface area (Å²) in [4.78, 5) is 0. The number of ether oxygens (including phenoxy) is 2. The van der Waals surface area contributed by atoms with Gasteiger partial charge in [0.2, 0.25) is 0 Å². The molecule has 0 radical (unpaired) electrons. The highest BCUT2D eigenvalue weighted by Crippen LogP contribution is 2.38. The molecule has 1 aliphatic rings. The third-order valence-electron chi connectivity index (χ3n) is 6.21. The largest absolute Gasteiger partial charge is 0.490 e. The average molecular weight is 433 g/mol. The molecule has 0 bridgehead atoms. The minimum absolute atomic E-state index is 0.282. The molecule has 1 unspecified atom stereocenters. The lowest BCUT2D eigenvalue weighted by Crippen LogP contribution is -2.45. The van der Waals surface area contributed by atoms with Gasteiger partial charge in [-0.2, -0.15) is 0 Å². The number of rotatable bonds is 3. The number of hydrogen-bond acceptors (Lipinski definition) is 4. The fourth-order valence-corrected chi connectivity index (χ4v) is 4.06. The standard InChI is InChI=1S/C26H30N2O2.C2H6/c1-3-20(2)26(21-11-5-4-6-12-21)17-29-24-15-9-7-13-22(24)27-19-28-23-14-8-10-16-25(23)30-18-26;1-2/h4-16,20,27-28H,3,17-19H2,1-2H3;1-2H3. The van der Waals surface area contributed by atoms with Crippen LogP contribution >= 0.6 is 0 Å². The molecule has 2 N–H and O–H groups in total. The van der Waals surface area contributed by atoms with Crippen molar-refractivity contribution in [2.24, 2.45) is 5.92 Å². The first-order valence-electron chi connectivity index (χ1n) is 11.7. The summed E-state index contributed by atoms with van der Waals surface area (Å²) in [7, 11) is 0. The SMILES string of the molecule is CC.CCC(C)C1(c2ccccc2)COc2ccccc2NCNc2ccccc2OC1. The normalized spacial score (nSPS) is 15.8. The van der Waals surface area contributed by atoms with Crippen LogP contribution in [0.4, 0.5) is 11.4 Å².